The van der Waals surface area contributed by atoms with Gasteiger partial charge >= 0.3 is 5.97 Å². The van der Waals surface area contributed by atoms with E-state index in [1.807, 2.05) is 0 Å². The Hall–Kier alpha value is -0.830. The summed E-state index contributed by atoms with van der Waals surface area (Å²) >= 11 is 0. The molecule has 0 aromatic rings. The molecule has 0 saturated carbocycles. The number of aliphatic hydroxyl groups excluding tert-OH is 1. The van der Waals surface area contributed by atoms with Gasteiger partial charge in [-0.3, -0.25) is 0 Å². The van der Waals surface area contributed by atoms with Gasteiger partial charge in [0.05, 0.1) is 0 Å². The molecule has 0 fully saturated rings. The van der Waals surface area contributed by atoms with Crippen molar-refractivity contribution in [1.29, 1.82) is 0 Å². The predicted molar refractivity (Wildman–Crippen MR) is 49.0 cm³/mol. The zero-order chi connectivity index (χ0) is 9.98. The third kappa shape index (κ3) is 16.1. The second-order valence-corrected chi connectivity index (χ2v) is 2.37. The molecule has 0 aliphatic carbocycles. The summed E-state index contributed by atoms with van der Waals surface area (Å²) < 4.78 is 0. The molecule has 0 spiro atoms. The van der Waals surface area contributed by atoms with E-state index in [0.717, 1.165) is 0 Å². The topological polar surface area (TPSA) is 57.5 Å². The Morgan fingerprint density at radius 1 is 1.58 bits per heavy atom. The minimum absolute atomic E-state index is 1.19. The maximum Gasteiger partial charge on any atom is 0.332 e. The summed E-state index contributed by atoms with van der Waals surface area (Å²) in [6.07, 6.45) is 5.54. The fourth-order valence-corrected chi connectivity index (χ4v) is 0.333. The zero-order valence-electron chi connectivity index (χ0n) is 7.95. The van der Waals surface area contributed by atoms with Crippen molar-refractivity contribution in [2.45, 2.75) is 39.7 Å². The summed E-state index contributed by atoms with van der Waals surface area (Å²) in [7, 11) is 0. The van der Waals surface area contributed by atoms with Crippen LogP contribution in [0.15, 0.2) is 12.2 Å². The van der Waals surface area contributed by atoms with Crippen LogP contribution in [0.4, 0.5) is 0 Å². The maximum atomic E-state index is 9.45. The number of rotatable bonds is 3. The highest BCUT2D eigenvalue weighted by atomic mass is 16.4. The summed E-state index contributed by atoms with van der Waals surface area (Å²) in [6, 6.07) is 0. The molecule has 0 bridgehead atoms. The number of hydrogen-bond acceptors (Lipinski definition) is 2. The van der Waals surface area contributed by atoms with Crippen molar-refractivity contribution in [1.82, 2.24) is 0 Å². The fraction of sp³-hybridized carbons (Fsp3) is 0.667. The van der Waals surface area contributed by atoms with Crippen LogP contribution in [0.5, 0.6) is 0 Å². The summed E-state index contributed by atoms with van der Waals surface area (Å²) in [4.78, 5) is 9.45. The van der Waals surface area contributed by atoms with E-state index >= 15 is 0 Å². The molecular weight excluding hydrogens is 156 g/mol. The van der Waals surface area contributed by atoms with Gasteiger partial charge in [-0.1, -0.05) is 25.5 Å². The first-order valence-electron chi connectivity index (χ1n) is 4.08. The third-order valence-corrected chi connectivity index (χ3v) is 1.05. The number of carbonyl (C=O) groups is 1. The predicted octanol–water partition coefficient (Wildman–Crippen LogP) is 1.81. The van der Waals surface area contributed by atoms with Gasteiger partial charge in [0.25, 0.3) is 0 Å². The Labute approximate surface area is 73.7 Å². The Morgan fingerprint density at radius 2 is 2.00 bits per heavy atom. The van der Waals surface area contributed by atoms with E-state index in [9.17, 15) is 4.79 Å². The van der Waals surface area contributed by atoms with Gasteiger partial charge < -0.3 is 10.2 Å². The highest BCUT2D eigenvalue weighted by molar-refractivity contribution is 5.71. The molecule has 0 radical (unpaired) electrons. The van der Waals surface area contributed by atoms with E-state index in [0.29, 0.717) is 0 Å². The molecule has 0 saturated heterocycles. The van der Waals surface area contributed by atoms with E-state index < -0.39 is 12.1 Å². The molecule has 0 amide bonds. The van der Waals surface area contributed by atoms with Crippen LogP contribution < -0.4 is 0 Å². The minimum Gasteiger partial charge on any atom is -0.479 e. The average molecular weight is 174 g/mol. The third-order valence-electron chi connectivity index (χ3n) is 1.05. The standard InChI is InChI=1S/C6H12.C3H6O3/c1-3-5-6-4-2;1-2(4)3(5)6/h3,5H,4,6H2,1-2H3;2,4H,1H3,(H,5,6). The van der Waals surface area contributed by atoms with Gasteiger partial charge in [-0.05, 0) is 20.3 Å². The van der Waals surface area contributed by atoms with Crippen LogP contribution in [0, 0.1) is 0 Å². The Balaban J connectivity index is 0. The van der Waals surface area contributed by atoms with Crippen LogP contribution in [-0.2, 0) is 4.79 Å². The number of carboxylic acid groups (broad SMARTS) is 1. The van der Waals surface area contributed by atoms with Crippen molar-refractivity contribution < 1.29 is 15.0 Å². The molecule has 0 aliphatic rings. The van der Waals surface area contributed by atoms with Crippen molar-refractivity contribution in [3.63, 3.8) is 0 Å². The molecule has 0 rings (SSSR count). The quantitative estimate of drug-likeness (QED) is 0.641. The molecular formula is C9H18O3. The molecule has 0 heterocycles. The molecule has 0 aromatic heterocycles. The van der Waals surface area contributed by atoms with Crippen molar-refractivity contribution in [2.75, 3.05) is 0 Å². The molecule has 12 heavy (non-hydrogen) atoms. The lowest BCUT2D eigenvalue weighted by Gasteiger charge is -1.89. The zero-order valence-corrected chi connectivity index (χ0v) is 7.95. The average Bonchev–Trinajstić information content (AvgIpc) is 2.02. The largest absolute Gasteiger partial charge is 0.479 e. The van der Waals surface area contributed by atoms with Gasteiger partial charge in [0.1, 0.15) is 6.10 Å². The maximum absolute atomic E-state index is 9.45. The molecule has 1 unspecified atom stereocenters. The van der Waals surface area contributed by atoms with Gasteiger partial charge in [0.2, 0.25) is 0 Å². The number of allylic oxidation sites excluding steroid dienone is 2. The van der Waals surface area contributed by atoms with E-state index in [1.165, 1.54) is 19.8 Å². The number of hydrogen-bond donors (Lipinski definition) is 2. The van der Waals surface area contributed by atoms with Crippen LogP contribution in [0.2, 0.25) is 0 Å². The number of carboxylic acids is 1. The number of aliphatic carboxylic acids is 1. The molecule has 3 heteroatoms. The van der Waals surface area contributed by atoms with Gasteiger partial charge in [-0.25, -0.2) is 4.79 Å². The number of aliphatic hydroxyl groups is 1. The molecule has 1 atom stereocenters. The lowest BCUT2D eigenvalue weighted by Crippen LogP contribution is -2.13. The fourth-order valence-electron chi connectivity index (χ4n) is 0.333. The second-order valence-electron chi connectivity index (χ2n) is 2.37. The van der Waals surface area contributed by atoms with Crippen LogP contribution in [0.25, 0.3) is 0 Å². The van der Waals surface area contributed by atoms with Crippen LogP contribution in [0.1, 0.15) is 33.6 Å². The smallest absolute Gasteiger partial charge is 0.332 e. The second kappa shape index (κ2) is 10.2. The van der Waals surface area contributed by atoms with E-state index in [-0.39, 0.29) is 0 Å². The van der Waals surface area contributed by atoms with E-state index in [2.05, 4.69) is 26.0 Å². The van der Waals surface area contributed by atoms with Gasteiger partial charge in [0.15, 0.2) is 0 Å². The lowest BCUT2D eigenvalue weighted by molar-refractivity contribution is -0.145. The van der Waals surface area contributed by atoms with E-state index in [4.69, 9.17) is 10.2 Å². The summed E-state index contributed by atoms with van der Waals surface area (Å²) in [6.45, 7) is 5.43. The minimum atomic E-state index is -1.23. The van der Waals surface area contributed by atoms with Gasteiger partial charge in [-0.15, -0.1) is 0 Å². The van der Waals surface area contributed by atoms with Crippen molar-refractivity contribution in [3.05, 3.63) is 12.2 Å². The Kier molecular flexibility index (Phi) is 11.6. The lowest BCUT2D eigenvalue weighted by atomic mass is 10.3. The number of unbranched alkanes of at least 4 members (excludes halogenated alkanes) is 1. The van der Waals surface area contributed by atoms with Gasteiger partial charge in [-0.2, -0.15) is 0 Å². The molecule has 0 aliphatic heterocycles. The van der Waals surface area contributed by atoms with Crippen molar-refractivity contribution >= 4 is 5.97 Å². The Bertz CT molecular complexity index is 128. The molecule has 2 N–H and O–H groups in total. The molecule has 72 valence electrons. The molecule has 0 aromatic carbocycles. The van der Waals surface area contributed by atoms with Crippen molar-refractivity contribution in [2.24, 2.45) is 0 Å². The molecule has 3 nitrogen and oxygen atoms in total. The monoisotopic (exact) mass is 174 g/mol. The highest BCUT2D eigenvalue weighted by Crippen LogP contribution is 1.85. The van der Waals surface area contributed by atoms with Gasteiger partial charge in [0, 0.05) is 0 Å². The highest BCUT2D eigenvalue weighted by Gasteiger charge is 2.01. The first kappa shape index (κ1) is 13.7. The van der Waals surface area contributed by atoms with Crippen LogP contribution in [-0.4, -0.2) is 22.3 Å². The normalized spacial score (nSPS) is 12.0. The van der Waals surface area contributed by atoms with E-state index in [1.54, 1.807) is 0 Å². The first-order valence-corrected chi connectivity index (χ1v) is 4.08. The van der Waals surface area contributed by atoms with Crippen molar-refractivity contribution in [3.8, 4) is 0 Å². The Morgan fingerprint density at radius 3 is 2.08 bits per heavy atom. The van der Waals surface area contributed by atoms with Crippen LogP contribution >= 0.6 is 0 Å². The summed E-state index contributed by atoms with van der Waals surface area (Å²) in [5.41, 5.74) is 0. The summed E-state index contributed by atoms with van der Waals surface area (Å²) in [5.74, 6) is -1.19. The van der Waals surface area contributed by atoms with Crippen LogP contribution in [0.3, 0.4) is 0 Å². The SMILES string of the molecule is CC(O)C(=O)O.CC=CCCC. The first-order chi connectivity index (χ1) is 5.56. The summed E-state index contributed by atoms with van der Waals surface area (Å²) in [5, 5.41) is 15.8.